The van der Waals surface area contributed by atoms with Crippen LogP contribution in [0.5, 0.6) is 0 Å². The Bertz CT molecular complexity index is 974. The zero-order valence-corrected chi connectivity index (χ0v) is 21.3. The summed E-state index contributed by atoms with van der Waals surface area (Å²) in [5.41, 5.74) is -0.0751. The summed E-state index contributed by atoms with van der Waals surface area (Å²) >= 11 is 0. The second-order valence-electron chi connectivity index (χ2n) is 11.3. The van der Waals surface area contributed by atoms with Crippen LogP contribution in [0.3, 0.4) is 0 Å². The Kier molecular flexibility index (Phi) is 7.08. The van der Waals surface area contributed by atoms with Gasteiger partial charge in [0.2, 0.25) is 5.91 Å². The molecule has 4 aliphatic rings. The Morgan fingerprint density at radius 2 is 2.11 bits per heavy atom. The Hall–Kier alpha value is -1.75. The molecule has 200 valence electrons. The van der Waals surface area contributed by atoms with Crippen molar-refractivity contribution >= 4 is 5.91 Å². The molecule has 36 heavy (non-hydrogen) atoms. The molecule has 2 unspecified atom stereocenters. The number of methoxy groups -OCH3 is 1. The number of halogens is 3. The molecule has 1 amide bonds. The average molecular weight is 511 g/mol. The van der Waals surface area contributed by atoms with Gasteiger partial charge in [-0.2, -0.15) is 13.2 Å². The maximum Gasteiger partial charge on any atom is 0.417 e. The summed E-state index contributed by atoms with van der Waals surface area (Å²) in [6.45, 7) is 1.95. The highest BCUT2D eigenvalue weighted by Crippen LogP contribution is 2.56. The number of carbonyl (C=O) groups is 1. The lowest BCUT2D eigenvalue weighted by atomic mass is 9.78. The molecule has 1 N–H and O–H groups in total. The molecule has 0 aromatic carbocycles. The van der Waals surface area contributed by atoms with E-state index in [0.717, 1.165) is 38.3 Å². The number of rotatable bonds is 5. The Morgan fingerprint density at radius 3 is 2.83 bits per heavy atom. The molecule has 10 heteroatoms. The lowest BCUT2D eigenvalue weighted by molar-refractivity contribution is -0.144. The maximum atomic E-state index is 14.2. The van der Waals surface area contributed by atoms with Crippen LogP contribution in [0, 0.1) is 11.3 Å². The highest BCUT2D eigenvalue weighted by Gasteiger charge is 2.59. The Labute approximate surface area is 210 Å². The van der Waals surface area contributed by atoms with Gasteiger partial charge in [-0.05, 0) is 63.7 Å². The third-order valence-corrected chi connectivity index (χ3v) is 8.98. The minimum absolute atomic E-state index is 0.00529. The van der Waals surface area contributed by atoms with E-state index in [1.807, 2.05) is 0 Å². The number of pyridine rings is 1. The van der Waals surface area contributed by atoms with E-state index in [-0.39, 0.29) is 36.6 Å². The van der Waals surface area contributed by atoms with Gasteiger partial charge in [-0.15, -0.1) is 0 Å². The molecule has 7 nitrogen and oxygen atoms in total. The van der Waals surface area contributed by atoms with Gasteiger partial charge in [0.15, 0.2) is 0 Å². The standard InChI is InChI=1S/C26H37F3N4O3/c1-32(2)20-10-17-9-19(31-22-5-7-36-15-23(22)35-3)11-25(17,12-20)24(34)33-6-4-21-16(14-33)8-18(13-30-21)26(27,28)29/h8,13,17,19-20,22-23,31H,4-7,9-12,14-15H2,1-3H3/t17-,19+,20+,22?,23?,25-/m0/s1. The smallest absolute Gasteiger partial charge is 0.379 e. The first-order chi connectivity index (χ1) is 17.1. The van der Waals surface area contributed by atoms with Gasteiger partial charge in [-0.1, -0.05) is 0 Å². The molecule has 0 bridgehead atoms. The van der Waals surface area contributed by atoms with Gasteiger partial charge in [-0.25, -0.2) is 0 Å². The summed E-state index contributed by atoms with van der Waals surface area (Å²) in [6.07, 6.45) is 1.23. The van der Waals surface area contributed by atoms with Gasteiger partial charge in [0.05, 0.1) is 23.7 Å². The second-order valence-corrected chi connectivity index (χ2v) is 11.3. The number of amides is 1. The fraction of sp³-hybridized carbons (Fsp3) is 0.769. The normalized spacial score (nSPS) is 34.6. The van der Waals surface area contributed by atoms with Crippen molar-refractivity contribution < 1.29 is 27.4 Å². The number of carbonyl (C=O) groups excluding carboxylic acids is 1. The number of fused-ring (bicyclic) bond motifs is 2. The summed E-state index contributed by atoms with van der Waals surface area (Å²) in [7, 11) is 5.83. The van der Waals surface area contributed by atoms with Crippen molar-refractivity contribution in [3.8, 4) is 0 Å². The number of hydrogen-bond acceptors (Lipinski definition) is 6. The van der Waals surface area contributed by atoms with Crippen LogP contribution in [0.2, 0.25) is 0 Å². The second kappa shape index (κ2) is 9.85. The highest BCUT2D eigenvalue weighted by molar-refractivity contribution is 5.84. The van der Waals surface area contributed by atoms with Crippen LogP contribution in [0.4, 0.5) is 13.2 Å². The molecule has 5 rings (SSSR count). The molecule has 1 aromatic rings. The lowest BCUT2D eigenvalue weighted by Crippen LogP contribution is -2.51. The van der Waals surface area contributed by atoms with E-state index in [4.69, 9.17) is 9.47 Å². The zero-order chi connectivity index (χ0) is 25.7. The van der Waals surface area contributed by atoms with Crippen molar-refractivity contribution in [2.45, 2.75) is 75.5 Å². The van der Waals surface area contributed by atoms with Crippen molar-refractivity contribution in [3.63, 3.8) is 0 Å². The number of hydrogen-bond donors (Lipinski definition) is 1. The number of ether oxygens (including phenoxy) is 2. The van der Waals surface area contributed by atoms with Crippen molar-refractivity contribution in [3.05, 3.63) is 29.1 Å². The minimum atomic E-state index is -4.45. The van der Waals surface area contributed by atoms with E-state index in [0.29, 0.717) is 43.5 Å². The van der Waals surface area contributed by atoms with Gasteiger partial charge < -0.3 is 24.6 Å². The quantitative estimate of drug-likeness (QED) is 0.657. The summed E-state index contributed by atoms with van der Waals surface area (Å²) in [6, 6.07) is 1.89. The van der Waals surface area contributed by atoms with Crippen LogP contribution >= 0.6 is 0 Å². The highest BCUT2D eigenvalue weighted by atomic mass is 19.4. The van der Waals surface area contributed by atoms with E-state index >= 15 is 0 Å². The minimum Gasteiger partial charge on any atom is -0.379 e. The average Bonchev–Trinajstić information content (AvgIpc) is 3.38. The van der Waals surface area contributed by atoms with Crippen molar-refractivity contribution in [1.82, 2.24) is 20.1 Å². The Morgan fingerprint density at radius 1 is 1.31 bits per heavy atom. The van der Waals surface area contributed by atoms with E-state index in [9.17, 15) is 18.0 Å². The molecule has 3 heterocycles. The third-order valence-electron chi connectivity index (χ3n) is 8.98. The van der Waals surface area contributed by atoms with Crippen molar-refractivity contribution in [2.24, 2.45) is 11.3 Å². The van der Waals surface area contributed by atoms with Crippen LogP contribution in [-0.4, -0.2) is 85.9 Å². The number of nitrogens with one attached hydrogen (secondary N) is 1. The molecule has 2 aliphatic carbocycles. The number of aromatic nitrogens is 1. The van der Waals surface area contributed by atoms with E-state index in [2.05, 4.69) is 29.3 Å². The summed E-state index contributed by atoms with van der Waals surface area (Å²) < 4.78 is 51.1. The molecular weight excluding hydrogens is 473 g/mol. The Balaban J connectivity index is 1.36. The summed E-state index contributed by atoms with van der Waals surface area (Å²) in [4.78, 5) is 22.3. The van der Waals surface area contributed by atoms with Gasteiger partial charge in [0.25, 0.3) is 0 Å². The first kappa shape index (κ1) is 25.9. The molecule has 3 fully saturated rings. The van der Waals surface area contributed by atoms with E-state index in [1.54, 1.807) is 12.0 Å². The van der Waals surface area contributed by atoms with E-state index in [1.165, 1.54) is 6.07 Å². The molecule has 2 saturated carbocycles. The van der Waals surface area contributed by atoms with Crippen LogP contribution in [-0.2, 0) is 33.4 Å². The molecular formula is C26H37F3N4O3. The fourth-order valence-electron chi connectivity index (χ4n) is 7.04. The van der Waals surface area contributed by atoms with Gasteiger partial charge in [0, 0.05) is 63.2 Å². The fourth-order valence-corrected chi connectivity index (χ4v) is 7.04. The van der Waals surface area contributed by atoms with Gasteiger partial charge in [-0.3, -0.25) is 9.78 Å². The predicted molar refractivity (Wildman–Crippen MR) is 127 cm³/mol. The van der Waals surface area contributed by atoms with Crippen LogP contribution in [0.25, 0.3) is 0 Å². The lowest BCUT2D eigenvalue weighted by Gasteiger charge is -2.38. The van der Waals surface area contributed by atoms with Gasteiger partial charge in [0.1, 0.15) is 0 Å². The first-order valence-electron chi connectivity index (χ1n) is 13.0. The molecule has 2 aliphatic heterocycles. The molecule has 1 aromatic heterocycles. The maximum absolute atomic E-state index is 14.2. The monoisotopic (exact) mass is 510 g/mol. The largest absolute Gasteiger partial charge is 0.417 e. The summed E-state index contributed by atoms with van der Waals surface area (Å²) in [5.74, 6) is 0.344. The number of nitrogens with zero attached hydrogens (tertiary/aromatic N) is 3. The first-order valence-corrected chi connectivity index (χ1v) is 13.0. The number of alkyl halides is 3. The van der Waals surface area contributed by atoms with E-state index < -0.39 is 17.2 Å². The van der Waals surface area contributed by atoms with Crippen LogP contribution in [0.1, 0.15) is 48.9 Å². The van der Waals surface area contributed by atoms with Crippen molar-refractivity contribution in [1.29, 1.82) is 0 Å². The third kappa shape index (κ3) is 4.77. The predicted octanol–water partition coefficient (Wildman–Crippen LogP) is 2.87. The SMILES string of the molecule is COC1COCCC1N[C@@H]1C[C@H]2C[C@@H](N(C)C)C[C@@]2(C(=O)N2CCc3ncc(C(F)(F)F)cc3C2)C1. The molecule has 0 radical (unpaired) electrons. The molecule has 6 atom stereocenters. The van der Waals surface area contributed by atoms with Crippen molar-refractivity contribution in [2.75, 3.05) is 41.0 Å². The van der Waals surface area contributed by atoms with Crippen LogP contribution in [0.15, 0.2) is 12.3 Å². The molecule has 1 saturated heterocycles. The van der Waals surface area contributed by atoms with Gasteiger partial charge >= 0.3 is 6.18 Å². The zero-order valence-electron chi connectivity index (χ0n) is 21.3. The van der Waals surface area contributed by atoms with Crippen LogP contribution < -0.4 is 5.32 Å². The summed E-state index contributed by atoms with van der Waals surface area (Å²) in [5, 5.41) is 3.79. The molecule has 0 spiro atoms. The topological polar surface area (TPSA) is 66.9 Å².